The highest BCUT2D eigenvalue weighted by Crippen LogP contribution is 2.71. The first-order valence-corrected chi connectivity index (χ1v) is 32.3. The number of aliphatic hydroxyl groups is 6. The van der Waals surface area contributed by atoms with Gasteiger partial charge in [0.1, 0.15) is 30.1 Å². The summed E-state index contributed by atoms with van der Waals surface area (Å²) in [6, 6.07) is -1.08. The van der Waals surface area contributed by atoms with Crippen LogP contribution in [0.15, 0.2) is 23.8 Å². The molecule has 0 spiro atoms. The molecule has 504 valence electrons. The van der Waals surface area contributed by atoms with Crippen molar-refractivity contribution in [2.24, 2.45) is 46.3 Å². The standard InChI is InChI=1S/C65H108F2N4O17/c1-18-48-63(14,80)54(88-58(78)69-25-21-20-24-68-57(77)65(81)35(4)26-42-43-29-45(66)44-28-41(72)22-23-59(44,10)64(43,67)47(73)31-60(42,65)11)39(8)71(16)33-34(3)30-61(12,79)53(87-56-50(74)46(70(15)19-2)27-36(5)83-56)37(6)51(38(7)55(76)85-48)86-49-32-62(13,82-17)52(75)40(9)84-49/h22-23,28,34-40,42-43,45-54,56,73-75,79-81H,18-21,24-27,29-33H2,1-17H3,(H,68,77)(H,69,78)/t34-,35-,36-,37-,38-,39-,40+,42?,43?,45+,46+,47+,48-,49?,50-,51+,52+,53-,54?,56?,59+,60+,61-,62-,63-,64+,65+/m1/s1. The summed E-state index contributed by atoms with van der Waals surface area (Å²) in [6.45, 7) is 25.2. The van der Waals surface area contributed by atoms with E-state index in [0.717, 1.165) is 6.08 Å². The number of hydrogen-bond acceptors (Lipinski definition) is 19. The average Bonchev–Trinajstić information content (AvgIpc) is 1.31. The minimum Gasteiger partial charge on any atom is -0.459 e. The Bertz CT molecular complexity index is 2530. The van der Waals surface area contributed by atoms with Gasteiger partial charge in [-0.2, -0.15) is 0 Å². The number of alkyl halides is 2. The zero-order valence-corrected chi connectivity index (χ0v) is 55.3. The van der Waals surface area contributed by atoms with E-state index in [1.165, 1.54) is 33.1 Å². The largest absolute Gasteiger partial charge is 0.459 e. The highest BCUT2D eigenvalue weighted by atomic mass is 19.1. The Morgan fingerprint density at radius 1 is 0.864 bits per heavy atom. The third kappa shape index (κ3) is 13.3. The molecule has 0 aromatic heterocycles. The normalized spacial score (nSPS) is 48.0. The monoisotopic (exact) mass is 1250 g/mol. The fraction of sp³-hybridized carbons (Fsp3) is 0.877. The SMILES string of the molecule is CC[C@H]1OC(=O)[C@H](C)[C@@H](OC2C[C@@](C)(OC)[C@@H](O)[C@H](C)O2)[C@@H](C)[C@@H](OC2O[C@H](C)C[C@H](N(C)CC)[C@H]2O)[C@](C)(O)C[C@@H](C)CN(C)[C@H](C)C(OC(=O)NCCCCNC(=O)[C@@]2(O)[C@H](C)CC3C4C[C@H](F)C5=CC(=O)C=C[C@]5(C)[C@@]4(F)[C@@H](O)C[C@@]32C)[C@]1(C)O. The molecule has 27 atom stereocenters. The third-order valence-electron chi connectivity index (χ3n) is 22.5. The average molecular weight is 1260 g/mol. The highest BCUT2D eigenvalue weighted by Gasteiger charge is 2.77. The summed E-state index contributed by atoms with van der Waals surface area (Å²) in [7, 11) is 5.19. The Morgan fingerprint density at radius 3 is 2.14 bits per heavy atom. The van der Waals surface area contributed by atoms with Crippen LogP contribution in [-0.4, -0.2) is 225 Å². The van der Waals surface area contributed by atoms with Crippen LogP contribution in [0, 0.1) is 46.3 Å². The number of nitrogens with zero attached hydrogens (tertiary/aromatic N) is 2. The summed E-state index contributed by atoms with van der Waals surface area (Å²) in [4.78, 5) is 59.4. The van der Waals surface area contributed by atoms with Gasteiger partial charge in [-0.1, -0.05) is 47.6 Å². The van der Waals surface area contributed by atoms with Crippen LogP contribution in [0.1, 0.15) is 155 Å². The number of carbonyl (C=O) groups is 4. The lowest BCUT2D eigenvalue weighted by atomic mass is 9.44. The van der Waals surface area contributed by atoms with Crippen LogP contribution in [0.5, 0.6) is 0 Å². The highest BCUT2D eigenvalue weighted by molar-refractivity contribution is 6.01. The quantitative estimate of drug-likeness (QED) is 0.0771. The van der Waals surface area contributed by atoms with Gasteiger partial charge in [-0.15, -0.1) is 0 Å². The molecule has 6 fully saturated rings. The number of ketones is 1. The number of rotatable bonds is 15. The minimum absolute atomic E-state index is 0.0102. The summed E-state index contributed by atoms with van der Waals surface area (Å²) < 4.78 is 78.4. The fourth-order valence-electron chi connectivity index (χ4n) is 17.1. The van der Waals surface area contributed by atoms with Crippen LogP contribution >= 0.6 is 0 Å². The summed E-state index contributed by atoms with van der Waals surface area (Å²) in [6.07, 6.45) is -9.96. The molecule has 2 amide bonds. The predicted octanol–water partition coefficient (Wildman–Crippen LogP) is 5.22. The van der Waals surface area contributed by atoms with E-state index >= 15 is 8.78 Å². The number of unbranched alkanes of at least 4 members (excludes halogenated alkanes) is 1. The van der Waals surface area contributed by atoms with Crippen molar-refractivity contribution in [2.75, 3.05) is 47.4 Å². The van der Waals surface area contributed by atoms with E-state index in [-0.39, 0.29) is 75.3 Å². The smallest absolute Gasteiger partial charge is 0.407 e. The van der Waals surface area contributed by atoms with Crippen molar-refractivity contribution in [3.8, 4) is 0 Å². The first-order chi connectivity index (χ1) is 40.8. The number of allylic oxidation sites excluding steroid dienone is 4. The minimum atomic E-state index is -2.36. The van der Waals surface area contributed by atoms with Gasteiger partial charge in [0.15, 0.2) is 35.7 Å². The maximum absolute atomic E-state index is 17.8. The Morgan fingerprint density at radius 2 is 1.51 bits per heavy atom. The molecule has 21 nitrogen and oxygen atoms in total. The molecule has 88 heavy (non-hydrogen) atoms. The van der Waals surface area contributed by atoms with E-state index in [2.05, 4.69) is 10.6 Å². The van der Waals surface area contributed by atoms with Gasteiger partial charge in [-0.3, -0.25) is 19.3 Å². The zero-order valence-electron chi connectivity index (χ0n) is 55.3. The van der Waals surface area contributed by atoms with E-state index in [4.69, 9.17) is 33.2 Å². The molecule has 5 unspecified atom stereocenters. The van der Waals surface area contributed by atoms with E-state index < -0.39 is 166 Å². The second-order valence-electron chi connectivity index (χ2n) is 28.8. The molecule has 3 saturated carbocycles. The molecule has 0 aromatic carbocycles. The number of esters is 1. The molecule has 8 N–H and O–H groups in total. The van der Waals surface area contributed by atoms with Crippen LogP contribution in [-0.2, 0) is 47.5 Å². The van der Waals surface area contributed by atoms with Gasteiger partial charge in [0.25, 0.3) is 5.91 Å². The number of aliphatic hydroxyl groups excluding tert-OH is 3. The number of fused-ring (bicyclic) bond motifs is 5. The van der Waals surface area contributed by atoms with Crippen LogP contribution in [0.4, 0.5) is 13.6 Å². The second-order valence-corrected chi connectivity index (χ2v) is 28.8. The van der Waals surface area contributed by atoms with Crippen molar-refractivity contribution in [1.29, 1.82) is 0 Å². The Balaban J connectivity index is 1.06. The summed E-state index contributed by atoms with van der Waals surface area (Å²) in [5, 5.41) is 78.6. The molecule has 23 heteroatoms. The predicted molar refractivity (Wildman–Crippen MR) is 321 cm³/mol. The Labute approximate surface area is 520 Å². The van der Waals surface area contributed by atoms with Gasteiger partial charge in [0.05, 0.1) is 47.6 Å². The summed E-state index contributed by atoms with van der Waals surface area (Å²) in [5.74, 6) is -6.72. The molecule has 3 saturated heterocycles. The molecule has 0 radical (unpaired) electrons. The lowest BCUT2D eigenvalue weighted by Gasteiger charge is -2.63. The topological polar surface area (TPSA) is 285 Å². The van der Waals surface area contributed by atoms with Crippen LogP contribution in [0.3, 0.4) is 0 Å². The maximum atomic E-state index is 17.8. The lowest BCUT2D eigenvalue weighted by Crippen LogP contribution is -2.71. The van der Waals surface area contributed by atoms with Gasteiger partial charge in [-0.05, 0) is 163 Å². The number of amides is 2. The summed E-state index contributed by atoms with van der Waals surface area (Å²) >= 11 is 0. The van der Waals surface area contributed by atoms with Gasteiger partial charge in [0.2, 0.25) is 0 Å². The van der Waals surface area contributed by atoms with Gasteiger partial charge in [-0.25, -0.2) is 13.6 Å². The zero-order chi connectivity index (χ0) is 65.8. The third-order valence-corrected chi connectivity index (χ3v) is 22.5. The number of likely N-dealkylation sites (N-methyl/N-ethyl adjacent to an activating group) is 2. The molecule has 7 aliphatic rings. The first-order valence-electron chi connectivity index (χ1n) is 32.3. The molecule has 3 heterocycles. The maximum Gasteiger partial charge on any atom is 0.407 e. The van der Waals surface area contributed by atoms with Crippen molar-refractivity contribution >= 4 is 23.8 Å². The van der Waals surface area contributed by atoms with Crippen LogP contribution in [0.2, 0.25) is 0 Å². The number of hydrogen-bond donors (Lipinski definition) is 8. The van der Waals surface area contributed by atoms with Gasteiger partial charge >= 0.3 is 12.1 Å². The van der Waals surface area contributed by atoms with Crippen LogP contribution in [0.25, 0.3) is 0 Å². The first kappa shape index (κ1) is 72.1. The van der Waals surface area contributed by atoms with E-state index in [1.54, 1.807) is 69.4 Å². The second kappa shape index (κ2) is 27.3. The van der Waals surface area contributed by atoms with Crippen molar-refractivity contribution in [3.05, 3.63) is 23.8 Å². The number of methoxy groups -OCH3 is 1. The number of nitrogens with one attached hydrogen (secondary N) is 2. The van der Waals surface area contributed by atoms with Gasteiger partial charge < -0.3 is 79.3 Å². The Kier molecular flexibility index (Phi) is 22.4. The van der Waals surface area contributed by atoms with E-state index in [1.807, 2.05) is 37.6 Å². The number of cyclic esters (lactones) is 1. The van der Waals surface area contributed by atoms with Crippen molar-refractivity contribution < 1.29 is 91.8 Å². The van der Waals surface area contributed by atoms with E-state index in [0.29, 0.717) is 32.4 Å². The molecule has 7 rings (SSSR count). The lowest BCUT2D eigenvalue weighted by molar-refractivity contribution is -0.318. The fourth-order valence-corrected chi connectivity index (χ4v) is 17.1. The van der Waals surface area contributed by atoms with Crippen molar-refractivity contribution in [3.63, 3.8) is 0 Å². The summed E-state index contributed by atoms with van der Waals surface area (Å²) in [5.41, 5.74) is -12.2. The molecule has 4 aliphatic carbocycles. The van der Waals surface area contributed by atoms with E-state index in [9.17, 15) is 49.8 Å². The number of alkyl carbamates (subject to hydrolysis) is 1. The number of ether oxygens (including phenoxy) is 7. The van der Waals surface area contributed by atoms with Crippen molar-refractivity contribution in [2.45, 2.75) is 269 Å². The molecule has 0 aromatic rings. The van der Waals surface area contributed by atoms with Crippen LogP contribution < -0.4 is 10.6 Å². The molecule has 3 aliphatic heterocycles. The molecular weight excluding hydrogens is 1150 g/mol. The molecule has 0 bridgehead atoms. The number of halogens is 2. The number of carbonyl (C=O) groups excluding carboxylic acids is 4. The Hall–Kier alpha value is -3.30. The molecular formula is C65H108F2N4O17. The van der Waals surface area contributed by atoms with Crippen molar-refractivity contribution in [1.82, 2.24) is 20.4 Å². The van der Waals surface area contributed by atoms with Gasteiger partial charge in [0, 0.05) is 67.9 Å².